The van der Waals surface area contributed by atoms with E-state index in [4.69, 9.17) is 17.3 Å². The minimum absolute atomic E-state index is 0.150. The number of carbonyl (C=O) groups excluding carboxylic acids is 1. The van der Waals surface area contributed by atoms with E-state index >= 15 is 0 Å². The standard InChI is InChI=1S/C13H13ClN4O/c1-18(8-9-3-2-4-16-6-9)13(19)11-5-10(15)7-17-12(11)14/h2-7H,8,15H2,1H3. The number of pyridine rings is 2. The van der Waals surface area contributed by atoms with Crippen molar-refractivity contribution in [2.75, 3.05) is 12.8 Å². The SMILES string of the molecule is CN(Cc1cccnc1)C(=O)c1cc(N)cnc1Cl. The van der Waals surface area contributed by atoms with E-state index in [1.807, 2.05) is 12.1 Å². The van der Waals surface area contributed by atoms with E-state index in [2.05, 4.69) is 9.97 Å². The number of nitrogen functional groups attached to an aromatic ring is 1. The van der Waals surface area contributed by atoms with Gasteiger partial charge < -0.3 is 10.6 Å². The molecule has 0 unspecified atom stereocenters. The van der Waals surface area contributed by atoms with E-state index in [0.717, 1.165) is 5.56 Å². The molecule has 0 aliphatic rings. The molecule has 1 amide bonds. The number of anilines is 1. The summed E-state index contributed by atoms with van der Waals surface area (Å²) in [5, 5.41) is 0.150. The minimum atomic E-state index is -0.228. The molecule has 0 bridgehead atoms. The third kappa shape index (κ3) is 3.20. The number of hydrogen-bond donors (Lipinski definition) is 1. The van der Waals surface area contributed by atoms with Gasteiger partial charge in [-0.25, -0.2) is 4.98 Å². The Bertz CT molecular complexity index is 588. The number of nitrogens with two attached hydrogens (primary N) is 1. The van der Waals surface area contributed by atoms with Crippen LogP contribution in [0.15, 0.2) is 36.8 Å². The zero-order valence-corrected chi connectivity index (χ0v) is 11.1. The Morgan fingerprint density at radius 2 is 2.26 bits per heavy atom. The first-order valence-corrected chi connectivity index (χ1v) is 6.01. The minimum Gasteiger partial charge on any atom is -0.397 e. The van der Waals surface area contributed by atoms with Crippen LogP contribution in [0.5, 0.6) is 0 Å². The summed E-state index contributed by atoms with van der Waals surface area (Å²) >= 11 is 5.91. The summed E-state index contributed by atoms with van der Waals surface area (Å²) in [7, 11) is 1.69. The lowest BCUT2D eigenvalue weighted by Gasteiger charge is -2.17. The van der Waals surface area contributed by atoms with Crippen LogP contribution in [0.1, 0.15) is 15.9 Å². The van der Waals surface area contributed by atoms with Crippen LogP contribution in [-0.2, 0) is 6.54 Å². The van der Waals surface area contributed by atoms with Crippen LogP contribution >= 0.6 is 11.6 Å². The molecule has 2 N–H and O–H groups in total. The van der Waals surface area contributed by atoms with Gasteiger partial charge >= 0.3 is 0 Å². The van der Waals surface area contributed by atoms with E-state index in [-0.39, 0.29) is 11.1 Å². The molecule has 0 saturated heterocycles. The summed E-state index contributed by atoms with van der Waals surface area (Å²) < 4.78 is 0. The average Bonchev–Trinajstić information content (AvgIpc) is 2.42. The van der Waals surface area contributed by atoms with Crippen LogP contribution in [0.4, 0.5) is 5.69 Å². The number of amides is 1. The van der Waals surface area contributed by atoms with Gasteiger partial charge in [-0.2, -0.15) is 0 Å². The summed E-state index contributed by atoms with van der Waals surface area (Å²) in [4.78, 5) is 21.7. The lowest BCUT2D eigenvalue weighted by molar-refractivity contribution is 0.0785. The fourth-order valence-electron chi connectivity index (χ4n) is 1.66. The molecule has 6 heteroatoms. The molecular weight excluding hydrogens is 264 g/mol. The van der Waals surface area contributed by atoms with Crippen LogP contribution in [0.25, 0.3) is 0 Å². The van der Waals surface area contributed by atoms with Gasteiger partial charge in [-0.15, -0.1) is 0 Å². The number of aromatic nitrogens is 2. The van der Waals surface area contributed by atoms with Gasteiger partial charge in [0.1, 0.15) is 5.15 Å². The van der Waals surface area contributed by atoms with Crippen molar-refractivity contribution < 1.29 is 4.79 Å². The maximum absolute atomic E-state index is 12.2. The Morgan fingerprint density at radius 3 is 2.95 bits per heavy atom. The highest BCUT2D eigenvalue weighted by molar-refractivity contribution is 6.32. The second-order valence-electron chi connectivity index (χ2n) is 4.13. The highest BCUT2D eigenvalue weighted by Crippen LogP contribution is 2.18. The van der Waals surface area contributed by atoms with Crippen LogP contribution in [0.2, 0.25) is 5.15 Å². The maximum atomic E-state index is 12.2. The molecule has 19 heavy (non-hydrogen) atoms. The summed E-state index contributed by atoms with van der Waals surface area (Å²) in [6, 6.07) is 5.25. The highest BCUT2D eigenvalue weighted by atomic mass is 35.5. The van der Waals surface area contributed by atoms with Gasteiger partial charge in [0, 0.05) is 26.0 Å². The van der Waals surface area contributed by atoms with Gasteiger partial charge in [-0.3, -0.25) is 9.78 Å². The van der Waals surface area contributed by atoms with Crippen LogP contribution < -0.4 is 5.73 Å². The third-order valence-corrected chi connectivity index (χ3v) is 2.88. The number of rotatable bonds is 3. The largest absolute Gasteiger partial charge is 0.397 e. The predicted octanol–water partition coefficient (Wildman–Crippen LogP) is 1.98. The van der Waals surface area contributed by atoms with Gasteiger partial charge in [0.2, 0.25) is 0 Å². The topological polar surface area (TPSA) is 72.1 Å². The zero-order valence-electron chi connectivity index (χ0n) is 10.4. The molecule has 2 heterocycles. The van der Waals surface area contributed by atoms with Crippen molar-refractivity contribution in [3.63, 3.8) is 0 Å². The third-order valence-electron chi connectivity index (χ3n) is 2.58. The number of carbonyl (C=O) groups is 1. The summed E-state index contributed by atoms with van der Waals surface area (Å²) in [6.45, 7) is 0.442. The monoisotopic (exact) mass is 276 g/mol. The molecule has 98 valence electrons. The van der Waals surface area contributed by atoms with Gasteiger partial charge in [0.25, 0.3) is 5.91 Å². The molecule has 0 fully saturated rings. The van der Waals surface area contributed by atoms with Gasteiger partial charge in [-0.1, -0.05) is 17.7 Å². The average molecular weight is 277 g/mol. The van der Waals surface area contributed by atoms with E-state index in [9.17, 15) is 4.79 Å². The van der Waals surface area contributed by atoms with Crippen molar-refractivity contribution in [1.82, 2.24) is 14.9 Å². The molecule has 0 aliphatic heterocycles. The molecule has 0 atom stereocenters. The second-order valence-corrected chi connectivity index (χ2v) is 4.49. The van der Waals surface area contributed by atoms with Gasteiger partial charge in [-0.05, 0) is 17.7 Å². The quantitative estimate of drug-likeness (QED) is 0.870. The summed E-state index contributed by atoms with van der Waals surface area (Å²) in [6.07, 6.45) is 4.81. The van der Waals surface area contributed by atoms with Crippen molar-refractivity contribution in [1.29, 1.82) is 0 Å². The van der Waals surface area contributed by atoms with Crippen molar-refractivity contribution in [3.8, 4) is 0 Å². The first-order valence-electron chi connectivity index (χ1n) is 5.63. The molecule has 0 spiro atoms. The Morgan fingerprint density at radius 1 is 1.47 bits per heavy atom. The van der Waals surface area contributed by atoms with Crippen molar-refractivity contribution >= 4 is 23.2 Å². The molecular formula is C13H13ClN4O. The highest BCUT2D eigenvalue weighted by Gasteiger charge is 2.16. The predicted molar refractivity (Wildman–Crippen MR) is 73.7 cm³/mol. The first-order chi connectivity index (χ1) is 9.08. The fourth-order valence-corrected chi connectivity index (χ4v) is 1.84. The molecule has 0 aliphatic carbocycles. The van der Waals surface area contributed by atoms with Crippen molar-refractivity contribution in [3.05, 3.63) is 53.1 Å². The van der Waals surface area contributed by atoms with Crippen LogP contribution in [0.3, 0.4) is 0 Å². The van der Waals surface area contributed by atoms with Crippen LogP contribution in [0, 0.1) is 0 Å². The number of hydrogen-bond acceptors (Lipinski definition) is 4. The second kappa shape index (κ2) is 5.67. The molecule has 0 saturated carbocycles. The van der Waals surface area contributed by atoms with E-state index < -0.39 is 0 Å². The zero-order chi connectivity index (χ0) is 13.8. The van der Waals surface area contributed by atoms with E-state index in [0.29, 0.717) is 17.8 Å². The molecule has 5 nitrogen and oxygen atoms in total. The van der Waals surface area contributed by atoms with Crippen molar-refractivity contribution in [2.45, 2.75) is 6.54 Å². The van der Waals surface area contributed by atoms with E-state index in [1.54, 1.807) is 24.3 Å². The van der Waals surface area contributed by atoms with Crippen LogP contribution in [-0.4, -0.2) is 27.8 Å². The Kier molecular flexibility index (Phi) is 3.97. The molecule has 2 aromatic heterocycles. The van der Waals surface area contributed by atoms with Gasteiger partial charge in [0.15, 0.2) is 0 Å². The Balaban J connectivity index is 2.17. The lowest BCUT2D eigenvalue weighted by Crippen LogP contribution is -2.26. The summed E-state index contributed by atoms with van der Waals surface area (Å²) in [5.41, 5.74) is 7.26. The lowest BCUT2D eigenvalue weighted by atomic mass is 10.2. The molecule has 2 rings (SSSR count). The fraction of sp³-hybridized carbons (Fsp3) is 0.154. The molecule has 0 radical (unpaired) electrons. The normalized spacial score (nSPS) is 10.2. The molecule has 0 aromatic carbocycles. The first kappa shape index (κ1) is 13.3. The molecule has 2 aromatic rings. The van der Waals surface area contributed by atoms with Gasteiger partial charge in [0.05, 0.1) is 17.4 Å². The Hall–Kier alpha value is -2.14. The summed E-state index contributed by atoms with van der Waals surface area (Å²) in [5.74, 6) is -0.228. The number of halogens is 1. The maximum Gasteiger partial charge on any atom is 0.257 e. The van der Waals surface area contributed by atoms with E-state index in [1.165, 1.54) is 12.3 Å². The van der Waals surface area contributed by atoms with Crippen molar-refractivity contribution in [2.24, 2.45) is 0 Å². The smallest absolute Gasteiger partial charge is 0.257 e. The number of nitrogens with zero attached hydrogens (tertiary/aromatic N) is 3. The Labute approximate surface area is 116 Å².